The van der Waals surface area contributed by atoms with Gasteiger partial charge in [0.2, 0.25) is 33.7 Å². The van der Waals surface area contributed by atoms with Gasteiger partial charge in [-0.2, -0.15) is 4.98 Å². The van der Waals surface area contributed by atoms with Gasteiger partial charge in [-0.05, 0) is 83.3 Å². The number of aromatic nitrogens is 2. The van der Waals surface area contributed by atoms with Crippen LogP contribution < -0.4 is 24.4 Å². The average molecular weight is 830 g/mol. The van der Waals surface area contributed by atoms with E-state index in [1.807, 2.05) is 19.9 Å². The van der Waals surface area contributed by atoms with Crippen molar-refractivity contribution in [2.45, 2.75) is 114 Å². The molecule has 0 bridgehead atoms. The Balaban J connectivity index is 1.42. The Labute approximate surface area is 338 Å². The number of benzene rings is 1. The van der Waals surface area contributed by atoms with E-state index < -0.39 is 86.4 Å². The molecule has 3 heterocycles. The Kier molecular flexibility index (Phi) is 11.7. The highest BCUT2D eigenvalue weighted by Crippen LogP contribution is 2.48. The Hall–Kier alpha value is -4.74. The van der Waals surface area contributed by atoms with Crippen molar-refractivity contribution in [2.24, 2.45) is 17.8 Å². The second-order valence-corrected chi connectivity index (χ2v) is 19.8. The smallest absolute Gasteiger partial charge is 0.408 e. The van der Waals surface area contributed by atoms with Crippen molar-refractivity contribution in [2.75, 3.05) is 39.3 Å². The van der Waals surface area contributed by atoms with Gasteiger partial charge in [-0.25, -0.2) is 22.6 Å². The van der Waals surface area contributed by atoms with Crippen molar-refractivity contribution in [1.29, 1.82) is 0 Å². The maximum atomic E-state index is 15.1. The molecule has 7 atom stereocenters. The number of sulfonamides is 1. The molecule has 3 N–H and O–H groups in total. The number of rotatable bonds is 9. The fraction of sp³-hybridized carbons (Fsp3) is 0.650. The highest BCUT2D eigenvalue weighted by Gasteiger charge is 2.64. The molecule has 1 aromatic heterocycles. The SMILES string of the molecule is COc1ccc2c(O[C@@H]3C[C@H]4C(=O)N[C@]5(C(=O)NS(=O)(=O)C6(CF)CC6)C[C@H]5/C=C\CC[C@@H](C)C[C@@H](C)[C@H](N(C(=O)O)C(C)(C)C)C(=O)N4C3)nc(N(C)C)nc2c1. The lowest BCUT2D eigenvalue weighted by molar-refractivity contribution is -0.146. The summed E-state index contributed by atoms with van der Waals surface area (Å²) >= 11 is 0. The maximum Gasteiger partial charge on any atom is 0.408 e. The molecule has 6 rings (SSSR count). The number of halogens is 1. The number of fused-ring (bicyclic) bond motifs is 3. The molecule has 1 aromatic carbocycles. The molecule has 2 aliphatic heterocycles. The summed E-state index contributed by atoms with van der Waals surface area (Å²) in [6.07, 6.45) is 3.48. The van der Waals surface area contributed by atoms with Gasteiger partial charge in [-0.1, -0.05) is 26.0 Å². The van der Waals surface area contributed by atoms with E-state index in [1.54, 1.807) is 64.0 Å². The van der Waals surface area contributed by atoms with Gasteiger partial charge < -0.3 is 29.7 Å². The summed E-state index contributed by atoms with van der Waals surface area (Å²) in [5, 5.41) is 14.0. The van der Waals surface area contributed by atoms with Crippen LogP contribution >= 0.6 is 0 Å². The number of amides is 4. The molecule has 0 spiro atoms. The van der Waals surface area contributed by atoms with Crippen LogP contribution in [0, 0.1) is 17.8 Å². The molecule has 4 aliphatic rings. The lowest BCUT2D eigenvalue weighted by atomic mass is 9.85. The van der Waals surface area contributed by atoms with Crippen molar-refractivity contribution >= 4 is 50.7 Å². The number of anilines is 1. The Morgan fingerprint density at radius 3 is 2.45 bits per heavy atom. The van der Waals surface area contributed by atoms with Crippen LogP contribution in [0.4, 0.5) is 15.1 Å². The number of ether oxygens (including phenoxy) is 2. The summed E-state index contributed by atoms with van der Waals surface area (Å²) in [7, 11) is 0.660. The lowest BCUT2D eigenvalue weighted by Crippen LogP contribution is -2.62. The fourth-order valence-electron chi connectivity index (χ4n) is 8.36. The molecule has 2 aliphatic carbocycles. The van der Waals surface area contributed by atoms with E-state index in [2.05, 4.69) is 20.0 Å². The molecule has 318 valence electrons. The van der Waals surface area contributed by atoms with Crippen LogP contribution in [0.3, 0.4) is 0 Å². The average Bonchev–Trinajstić information content (AvgIpc) is 4.05. The quantitative estimate of drug-likeness (QED) is 0.307. The van der Waals surface area contributed by atoms with E-state index in [0.717, 1.165) is 4.90 Å². The topological polar surface area (TPSA) is 201 Å². The van der Waals surface area contributed by atoms with Gasteiger partial charge in [-0.3, -0.25) is 24.0 Å². The van der Waals surface area contributed by atoms with Gasteiger partial charge in [0.15, 0.2) is 0 Å². The van der Waals surface area contributed by atoms with Crippen LogP contribution in [0.5, 0.6) is 11.6 Å². The number of methoxy groups -OCH3 is 1. The molecule has 2 saturated carbocycles. The zero-order chi connectivity index (χ0) is 42.5. The Bertz CT molecular complexity index is 2090. The highest BCUT2D eigenvalue weighted by atomic mass is 32.2. The number of carbonyl (C=O) groups excluding carboxylic acids is 3. The van der Waals surface area contributed by atoms with E-state index in [4.69, 9.17) is 9.47 Å². The molecule has 58 heavy (non-hydrogen) atoms. The summed E-state index contributed by atoms with van der Waals surface area (Å²) in [6.45, 7) is 7.72. The molecule has 16 nitrogen and oxygen atoms in total. The van der Waals surface area contributed by atoms with Crippen molar-refractivity contribution in [3.8, 4) is 11.6 Å². The molecule has 1 saturated heterocycles. The number of hydrogen-bond acceptors (Lipinski definition) is 11. The van der Waals surface area contributed by atoms with Gasteiger partial charge in [0.1, 0.15) is 40.9 Å². The van der Waals surface area contributed by atoms with Crippen molar-refractivity contribution in [1.82, 2.24) is 29.8 Å². The molecule has 4 amide bonds. The maximum absolute atomic E-state index is 15.1. The second-order valence-electron chi connectivity index (χ2n) is 17.7. The minimum absolute atomic E-state index is 0.0595. The first-order valence-electron chi connectivity index (χ1n) is 19.8. The number of nitrogens with one attached hydrogen (secondary N) is 2. The molecule has 18 heteroatoms. The van der Waals surface area contributed by atoms with Crippen LogP contribution in [0.2, 0.25) is 0 Å². The van der Waals surface area contributed by atoms with Crippen LogP contribution in [-0.4, -0.2) is 126 Å². The third kappa shape index (κ3) is 8.25. The van der Waals surface area contributed by atoms with Gasteiger partial charge in [0, 0.05) is 38.0 Å². The number of nitrogens with zero attached hydrogens (tertiary/aromatic N) is 5. The van der Waals surface area contributed by atoms with Gasteiger partial charge in [-0.15, -0.1) is 0 Å². The first-order valence-corrected chi connectivity index (χ1v) is 21.3. The number of carbonyl (C=O) groups is 4. The minimum Gasteiger partial charge on any atom is -0.497 e. The molecule has 3 fully saturated rings. The van der Waals surface area contributed by atoms with Gasteiger partial charge >= 0.3 is 6.09 Å². The summed E-state index contributed by atoms with van der Waals surface area (Å²) in [5.41, 5.74) is -2.18. The van der Waals surface area contributed by atoms with E-state index >= 15 is 4.79 Å². The van der Waals surface area contributed by atoms with Crippen LogP contribution in [0.1, 0.15) is 79.6 Å². The number of alkyl halides is 1. The van der Waals surface area contributed by atoms with Gasteiger partial charge in [0.25, 0.3) is 5.91 Å². The van der Waals surface area contributed by atoms with E-state index in [-0.39, 0.29) is 44.0 Å². The number of hydrogen-bond donors (Lipinski definition) is 3. The van der Waals surface area contributed by atoms with E-state index in [9.17, 15) is 32.3 Å². The van der Waals surface area contributed by atoms with Crippen LogP contribution in [0.25, 0.3) is 10.9 Å². The first kappa shape index (κ1) is 42.9. The van der Waals surface area contributed by atoms with E-state index in [0.29, 0.717) is 41.9 Å². The monoisotopic (exact) mass is 829 g/mol. The summed E-state index contributed by atoms with van der Waals surface area (Å²) in [5.74, 6) is -2.23. The predicted molar refractivity (Wildman–Crippen MR) is 214 cm³/mol. The first-order chi connectivity index (χ1) is 27.2. The zero-order valence-electron chi connectivity index (χ0n) is 34.5. The molecule has 2 aromatic rings. The Morgan fingerprint density at radius 1 is 1.14 bits per heavy atom. The Morgan fingerprint density at radius 2 is 1.84 bits per heavy atom. The molecular weight excluding hydrogens is 774 g/mol. The van der Waals surface area contributed by atoms with Crippen molar-refractivity contribution < 1.29 is 46.6 Å². The van der Waals surface area contributed by atoms with Gasteiger partial charge in [0.05, 0.1) is 24.6 Å². The summed E-state index contributed by atoms with van der Waals surface area (Å²) in [4.78, 5) is 70.3. The molecular formula is C40H56FN7O9S. The summed E-state index contributed by atoms with van der Waals surface area (Å²) in [6, 6.07) is 2.74. The van der Waals surface area contributed by atoms with Crippen molar-refractivity contribution in [3.05, 3.63) is 30.4 Å². The predicted octanol–water partition coefficient (Wildman–Crippen LogP) is 4.04. The van der Waals surface area contributed by atoms with E-state index in [1.165, 1.54) is 12.0 Å². The second kappa shape index (κ2) is 15.8. The van der Waals surface area contributed by atoms with Crippen LogP contribution in [-0.2, 0) is 24.4 Å². The number of carboxylic acid groups (broad SMARTS) is 1. The molecule has 0 radical (unpaired) electrons. The normalized spacial score (nSPS) is 29.2. The minimum atomic E-state index is -4.42. The standard InChI is InChI=1S/C40H56FN7O9S/c1-23-11-9-10-12-25-20-40(25,35(51)45-58(54,55)39(22-41)15-16-39)44-32(49)30-19-27(21-47(30)34(50)31(24(2)17-23)48(37(52)53)38(3,4)5)57-33-28-14-13-26(56-8)18-29(28)42-36(43-33)46(6)7/h10,12-14,18,23-25,27,30-31H,9,11,15-17,19-22H2,1-8H3,(H,44,49)(H,45,51)(H,52,53)/b12-10-/t23-,24-,25-,27-,30+,31+,40-/m1/s1. The van der Waals surface area contributed by atoms with Crippen molar-refractivity contribution in [3.63, 3.8) is 0 Å². The third-order valence-corrected chi connectivity index (χ3v) is 14.1. The fourth-order valence-corrected chi connectivity index (χ4v) is 9.79. The lowest BCUT2D eigenvalue weighted by Gasteiger charge is -2.43. The highest BCUT2D eigenvalue weighted by molar-refractivity contribution is 7.91. The summed E-state index contributed by atoms with van der Waals surface area (Å²) < 4.78 is 52.7. The zero-order valence-corrected chi connectivity index (χ0v) is 35.3. The van der Waals surface area contributed by atoms with Crippen LogP contribution in [0.15, 0.2) is 30.4 Å². The molecule has 0 unspecified atom stereocenters. The third-order valence-electron chi connectivity index (χ3n) is 12.0. The largest absolute Gasteiger partial charge is 0.497 e. The number of allylic oxidation sites excluding steroid dienone is 1.